The monoisotopic (exact) mass is 350 g/mol. The molecule has 0 bridgehead atoms. The number of nitrogens with zero attached hydrogens (tertiary/aromatic N) is 1. The highest BCUT2D eigenvalue weighted by Crippen LogP contribution is 2.30. The molecule has 0 amide bonds. The first-order chi connectivity index (χ1) is 10.3. The van der Waals surface area contributed by atoms with E-state index in [-0.39, 0.29) is 0 Å². The Morgan fingerprint density at radius 2 is 2.00 bits per heavy atom. The quantitative estimate of drug-likeness (QED) is 0.829. The number of hydrogen-bond acceptors (Lipinski definition) is 4. The molecule has 0 saturated heterocycles. The van der Waals surface area contributed by atoms with Gasteiger partial charge in [-0.3, -0.25) is 0 Å². The van der Waals surface area contributed by atoms with E-state index in [9.17, 15) is 0 Å². The highest BCUT2D eigenvalue weighted by molar-refractivity contribution is 9.10. The zero-order valence-corrected chi connectivity index (χ0v) is 13.8. The number of hydrogen-bond donors (Lipinski definition) is 1. The average molecular weight is 351 g/mol. The van der Waals surface area contributed by atoms with Crippen LogP contribution in [0, 0.1) is 0 Å². The summed E-state index contributed by atoms with van der Waals surface area (Å²) in [5.41, 5.74) is 2.04. The van der Waals surface area contributed by atoms with Crippen molar-refractivity contribution in [1.29, 1.82) is 0 Å². The normalized spacial score (nSPS) is 10.4. The van der Waals surface area contributed by atoms with E-state index in [2.05, 4.69) is 39.2 Å². The molecule has 0 aliphatic rings. The van der Waals surface area contributed by atoms with Crippen molar-refractivity contribution in [3.8, 4) is 11.6 Å². The molecule has 0 spiro atoms. The van der Waals surface area contributed by atoms with Crippen LogP contribution in [0.5, 0.6) is 11.6 Å². The molecule has 0 fully saturated rings. The van der Waals surface area contributed by atoms with E-state index >= 15 is 0 Å². The Morgan fingerprint density at radius 1 is 1.19 bits per heavy atom. The largest absolute Gasteiger partial charge is 0.487 e. The molecule has 0 aliphatic heterocycles. The molecule has 0 aliphatic carbocycles. The van der Waals surface area contributed by atoms with Crippen LogP contribution in [0.1, 0.15) is 18.1 Å². The van der Waals surface area contributed by atoms with Gasteiger partial charge in [-0.1, -0.05) is 19.1 Å². The molecule has 1 N–H and O–H groups in total. The van der Waals surface area contributed by atoms with Gasteiger partial charge in [-0.25, -0.2) is 4.98 Å². The van der Waals surface area contributed by atoms with Crippen LogP contribution in [-0.2, 0) is 13.2 Å². The van der Waals surface area contributed by atoms with Crippen molar-refractivity contribution in [2.24, 2.45) is 0 Å². The van der Waals surface area contributed by atoms with Gasteiger partial charge in [0.25, 0.3) is 0 Å². The molecule has 0 saturated carbocycles. The Balaban J connectivity index is 2.15. The standard InChI is InChI=1S/C16H19BrN2O2/c1-3-18-10-12-6-4-8-14(17)15(12)21-11-13-7-5-9-19-16(13)20-2/h4-9,18H,3,10-11H2,1-2H3. The highest BCUT2D eigenvalue weighted by Gasteiger charge is 2.10. The predicted octanol–water partition coefficient (Wildman–Crippen LogP) is 3.54. The minimum absolute atomic E-state index is 0.415. The lowest BCUT2D eigenvalue weighted by Gasteiger charge is -2.14. The van der Waals surface area contributed by atoms with E-state index in [4.69, 9.17) is 9.47 Å². The smallest absolute Gasteiger partial charge is 0.219 e. The van der Waals surface area contributed by atoms with E-state index < -0.39 is 0 Å². The molecule has 0 radical (unpaired) electrons. The van der Waals surface area contributed by atoms with Gasteiger partial charge in [-0.05, 0) is 40.7 Å². The Bertz CT molecular complexity index is 590. The second-order valence-corrected chi connectivity index (χ2v) is 5.32. The summed E-state index contributed by atoms with van der Waals surface area (Å²) in [4.78, 5) is 4.18. The number of nitrogens with one attached hydrogen (secondary N) is 1. The molecule has 4 nitrogen and oxygen atoms in total. The Labute approximate surface area is 133 Å². The van der Waals surface area contributed by atoms with Crippen molar-refractivity contribution >= 4 is 15.9 Å². The van der Waals surface area contributed by atoms with Crippen LogP contribution in [0.3, 0.4) is 0 Å². The fraction of sp³-hybridized carbons (Fsp3) is 0.312. The first kappa shape index (κ1) is 15.8. The fourth-order valence-electron chi connectivity index (χ4n) is 1.98. The van der Waals surface area contributed by atoms with Gasteiger partial charge in [0.1, 0.15) is 12.4 Å². The molecular weight excluding hydrogens is 332 g/mol. The van der Waals surface area contributed by atoms with Crippen molar-refractivity contribution in [2.45, 2.75) is 20.1 Å². The molecule has 112 valence electrons. The van der Waals surface area contributed by atoms with Gasteiger partial charge < -0.3 is 14.8 Å². The van der Waals surface area contributed by atoms with Gasteiger partial charge in [0.2, 0.25) is 5.88 Å². The van der Waals surface area contributed by atoms with Crippen molar-refractivity contribution < 1.29 is 9.47 Å². The van der Waals surface area contributed by atoms with Crippen LogP contribution in [-0.4, -0.2) is 18.6 Å². The maximum Gasteiger partial charge on any atom is 0.219 e. The third-order valence-corrected chi connectivity index (χ3v) is 3.65. The third kappa shape index (κ3) is 4.19. The van der Waals surface area contributed by atoms with Gasteiger partial charge in [0, 0.05) is 18.3 Å². The molecule has 1 heterocycles. The van der Waals surface area contributed by atoms with Crippen LogP contribution in [0.25, 0.3) is 0 Å². The lowest BCUT2D eigenvalue weighted by Crippen LogP contribution is -2.13. The summed E-state index contributed by atoms with van der Waals surface area (Å²) < 4.78 is 12.2. The summed E-state index contributed by atoms with van der Waals surface area (Å²) >= 11 is 3.55. The zero-order valence-electron chi connectivity index (χ0n) is 12.2. The van der Waals surface area contributed by atoms with Crippen molar-refractivity contribution in [3.63, 3.8) is 0 Å². The van der Waals surface area contributed by atoms with Crippen LogP contribution < -0.4 is 14.8 Å². The van der Waals surface area contributed by atoms with E-state index in [1.807, 2.05) is 24.3 Å². The number of halogens is 1. The third-order valence-electron chi connectivity index (χ3n) is 3.03. The lowest BCUT2D eigenvalue weighted by atomic mass is 10.2. The van der Waals surface area contributed by atoms with Crippen LogP contribution in [0.2, 0.25) is 0 Å². The molecule has 21 heavy (non-hydrogen) atoms. The van der Waals surface area contributed by atoms with Gasteiger partial charge in [-0.2, -0.15) is 0 Å². The number of pyridine rings is 1. The molecule has 0 atom stereocenters. The maximum atomic E-state index is 5.99. The van der Waals surface area contributed by atoms with Crippen LogP contribution in [0.4, 0.5) is 0 Å². The molecule has 1 aromatic heterocycles. The topological polar surface area (TPSA) is 43.4 Å². The first-order valence-corrected chi connectivity index (χ1v) is 7.64. The second-order valence-electron chi connectivity index (χ2n) is 4.47. The minimum atomic E-state index is 0.415. The summed E-state index contributed by atoms with van der Waals surface area (Å²) in [6.07, 6.45) is 1.71. The number of aromatic nitrogens is 1. The van der Waals surface area contributed by atoms with E-state index in [0.717, 1.165) is 34.4 Å². The van der Waals surface area contributed by atoms with Crippen LogP contribution >= 0.6 is 15.9 Å². The maximum absolute atomic E-state index is 5.99. The second kappa shape index (κ2) is 8.00. The number of methoxy groups -OCH3 is 1. The minimum Gasteiger partial charge on any atom is -0.487 e. The van der Waals surface area contributed by atoms with E-state index in [1.165, 1.54) is 0 Å². The zero-order chi connectivity index (χ0) is 15.1. The SMILES string of the molecule is CCNCc1cccc(Br)c1OCc1cccnc1OC. The molecular formula is C16H19BrN2O2. The summed E-state index contributed by atoms with van der Waals surface area (Å²) in [6, 6.07) is 9.87. The fourth-order valence-corrected chi connectivity index (χ4v) is 2.50. The first-order valence-electron chi connectivity index (χ1n) is 6.85. The Hall–Kier alpha value is -1.59. The van der Waals surface area contributed by atoms with Gasteiger partial charge in [0.15, 0.2) is 0 Å². The molecule has 0 unspecified atom stereocenters. The molecule has 2 aromatic rings. The summed E-state index contributed by atoms with van der Waals surface area (Å²) in [7, 11) is 1.61. The summed E-state index contributed by atoms with van der Waals surface area (Å²) in [6.45, 7) is 4.19. The van der Waals surface area contributed by atoms with Crippen molar-refractivity contribution in [1.82, 2.24) is 10.3 Å². The van der Waals surface area contributed by atoms with E-state index in [1.54, 1.807) is 13.3 Å². The number of ether oxygens (including phenoxy) is 2. The lowest BCUT2D eigenvalue weighted by molar-refractivity contribution is 0.289. The Morgan fingerprint density at radius 3 is 2.76 bits per heavy atom. The highest BCUT2D eigenvalue weighted by atomic mass is 79.9. The molecule has 1 aromatic carbocycles. The number of para-hydroxylation sites is 1. The molecule has 5 heteroatoms. The van der Waals surface area contributed by atoms with Crippen molar-refractivity contribution in [2.75, 3.05) is 13.7 Å². The number of rotatable bonds is 7. The van der Waals surface area contributed by atoms with Gasteiger partial charge in [-0.15, -0.1) is 0 Å². The predicted molar refractivity (Wildman–Crippen MR) is 86.6 cm³/mol. The Kier molecular flexibility index (Phi) is 6.02. The van der Waals surface area contributed by atoms with Gasteiger partial charge >= 0.3 is 0 Å². The van der Waals surface area contributed by atoms with Crippen molar-refractivity contribution in [3.05, 3.63) is 52.1 Å². The number of benzene rings is 1. The van der Waals surface area contributed by atoms with Crippen LogP contribution in [0.15, 0.2) is 41.0 Å². The average Bonchev–Trinajstić information content (AvgIpc) is 2.52. The van der Waals surface area contributed by atoms with E-state index in [0.29, 0.717) is 12.5 Å². The van der Waals surface area contributed by atoms with Gasteiger partial charge in [0.05, 0.1) is 17.1 Å². The summed E-state index contributed by atoms with van der Waals surface area (Å²) in [5.74, 6) is 1.45. The summed E-state index contributed by atoms with van der Waals surface area (Å²) in [5, 5.41) is 3.32. The molecule has 2 rings (SSSR count).